The average Bonchev–Trinajstić information content (AvgIpc) is 3.01. The summed E-state index contributed by atoms with van der Waals surface area (Å²) >= 11 is 1.95. The van der Waals surface area contributed by atoms with E-state index in [0.29, 0.717) is 3.57 Å². The maximum Gasteiger partial charge on any atom is 0.315 e. The summed E-state index contributed by atoms with van der Waals surface area (Å²) in [6.45, 7) is 3.77. The summed E-state index contributed by atoms with van der Waals surface area (Å²) in [6.07, 6.45) is 0. The minimum Gasteiger partial charge on any atom is -0.403 e. The van der Waals surface area contributed by atoms with Gasteiger partial charge in [-0.15, -0.1) is 5.10 Å². The smallest absolute Gasteiger partial charge is 0.315 e. The second kappa shape index (κ2) is 7.52. The fraction of sp³-hybridized carbons (Fsp3) is 0.176. The number of hydrogen-bond acceptors (Lipinski definition) is 5. The Labute approximate surface area is 161 Å². The lowest BCUT2D eigenvalue weighted by Gasteiger charge is -2.12. The Kier molecular flexibility index (Phi) is 5.35. The first-order valence-electron chi connectivity index (χ1n) is 7.65. The van der Waals surface area contributed by atoms with Crippen LogP contribution in [0.5, 0.6) is 0 Å². The molecule has 3 rings (SSSR count). The molecule has 2 N–H and O–H groups in total. The van der Waals surface area contributed by atoms with Crippen LogP contribution in [0.4, 0.5) is 30.6 Å². The number of halogens is 4. The topological polar surface area (TPSA) is 63.0 Å². The van der Waals surface area contributed by atoms with Crippen LogP contribution >= 0.6 is 22.6 Å². The minimum absolute atomic E-state index is 0.00351. The first-order chi connectivity index (χ1) is 12.3. The molecule has 0 saturated carbocycles. The number of rotatable bonds is 5. The molecule has 0 fully saturated rings. The highest BCUT2D eigenvalue weighted by Crippen LogP contribution is 2.34. The summed E-state index contributed by atoms with van der Waals surface area (Å²) in [5.74, 6) is -2.88. The Hall–Kier alpha value is -2.30. The molecule has 0 bridgehead atoms. The standard InChI is InChI=1S/C17H14F3IN4O/c1-8(2)22-17-25-24-16(26-17)10-4-5-11(18)14(20)15(10)23-13-6-3-9(21)7-12(13)19/h3-8,23H,1-2H3,(H,22,25). The SMILES string of the molecule is CC(C)Nc1nnc(-c2ccc(F)c(F)c2Nc2ccc(I)cc2F)o1. The van der Waals surface area contributed by atoms with Gasteiger partial charge in [-0.25, -0.2) is 13.2 Å². The van der Waals surface area contributed by atoms with Gasteiger partial charge >= 0.3 is 6.01 Å². The van der Waals surface area contributed by atoms with Crippen LogP contribution < -0.4 is 10.6 Å². The molecule has 5 nitrogen and oxygen atoms in total. The van der Waals surface area contributed by atoms with Crippen molar-refractivity contribution in [1.29, 1.82) is 0 Å². The molecule has 1 heterocycles. The number of nitrogens with one attached hydrogen (secondary N) is 2. The molecule has 2 aromatic carbocycles. The van der Waals surface area contributed by atoms with E-state index in [1.165, 1.54) is 18.2 Å². The third-order valence-corrected chi connectivity index (χ3v) is 4.02. The van der Waals surface area contributed by atoms with Crippen molar-refractivity contribution >= 4 is 40.0 Å². The van der Waals surface area contributed by atoms with Crippen LogP contribution in [0, 0.1) is 21.0 Å². The molecule has 0 atom stereocenters. The lowest BCUT2D eigenvalue weighted by atomic mass is 10.1. The first-order valence-corrected chi connectivity index (χ1v) is 8.73. The zero-order valence-corrected chi connectivity index (χ0v) is 15.9. The van der Waals surface area contributed by atoms with Crippen molar-refractivity contribution in [3.05, 3.63) is 51.4 Å². The van der Waals surface area contributed by atoms with E-state index in [1.807, 2.05) is 36.4 Å². The summed E-state index contributed by atoms with van der Waals surface area (Å²) in [7, 11) is 0. The summed E-state index contributed by atoms with van der Waals surface area (Å²) in [5.41, 5.74) is -0.174. The highest BCUT2D eigenvalue weighted by atomic mass is 127. The van der Waals surface area contributed by atoms with E-state index in [4.69, 9.17) is 4.42 Å². The van der Waals surface area contributed by atoms with Crippen molar-refractivity contribution in [2.45, 2.75) is 19.9 Å². The van der Waals surface area contributed by atoms with Gasteiger partial charge in [0, 0.05) is 9.61 Å². The van der Waals surface area contributed by atoms with E-state index in [-0.39, 0.29) is 34.9 Å². The van der Waals surface area contributed by atoms with Crippen molar-refractivity contribution in [1.82, 2.24) is 10.2 Å². The molecular weight excluding hydrogens is 460 g/mol. The fourth-order valence-electron chi connectivity index (χ4n) is 2.21. The fourth-order valence-corrected chi connectivity index (χ4v) is 2.67. The third-order valence-electron chi connectivity index (χ3n) is 3.35. The van der Waals surface area contributed by atoms with Crippen molar-refractivity contribution in [3.8, 4) is 11.5 Å². The van der Waals surface area contributed by atoms with E-state index in [9.17, 15) is 13.2 Å². The highest BCUT2D eigenvalue weighted by Gasteiger charge is 2.20. The van der Waals surface area contributed by atoms with Gasteiger partial charge in [0.1, 0.15) is 5.82 Å². The molecular formula is C17H14F3IN4O. The zero-order chi connectivity index (χ0) is 18.8. The maximum absolute atomic E-state index is 14.4. The van der Waals surface area contributed by atoms with Gasteiger partial charge in [0.25, 0.3) is 5.89 Å². The minimum atomic E-state index is -1.17. The van der Waals surface area contributed by atoms with Crippen LogP contribution in [-0.4, -0.2) is 16.2 Å². The molecule has 9 heteroatoms. The number of anilines is 3. The Morgan fingerprint density at radius 1 is 1.04 bits per heavy atom. The largest absolute Gasteiger partial charge is 0.403 e. The van der Waals surface area contributed by atoms with Crippen LogP contribution in [0.2, 0.25) is 0 Å². The van der Waals surface area contributed by atoms with Crippen molar-refractivity contribution < 1.29 is 17.6 Å². The normalized spacial score (nSPS) is 11.0. The molecule has 1 aromatic heterocycles. The quantitative estimate of drug-likeness (QED) is 0.491. The summed E-state index contributed by atoms with van der Waals surface area (Å²) < 4.78 is 48.3. The molecule has 0 radical (unpaired) electrons. The molecule has 3 aromatic rings. The third kappa shape index (κ3) is 3.92. The zero-order valence-electron chi connectivity index (χ0n) is 13.8. The second-order valence-corrected chi connectivity index (χ2v) is 6.99. The summed E-state index contributed by atoms with van der Waals surface area (Å²) in [4.78, 5) is 0. The van der Waals surface area contributed by atoms with E-state index in [1.54, 1.807) is 6.07 Å². The van der Waals surface area contributed by atoms with Crippen LogP contribution in [-0.2, 0) is 0 Å². The van der Waals surface area contributed by atoms with Crippen molar-refractivity contribution in [3.63, 3.8) is 0 Å². The predicted molar refractivity (Wildman–Crippen MR) is 101 cm³/mol. The lowest BCUT2D eigenvalue weighted by molar-refractivity contribution is 0.510. The van der Waals surface area contributed by atoms with E-state index < -0.39 is 17.5 Å². The van der Waals surface area contributed by atoms with E-state index >= 15 is 0 Å². The van der Waals surface area contributed by atoms with Crippen molar-refractivity contribution in [2.75, 3.05) is 10.6 Å². The molecule has 0 unspecified atom stereocenters. The van der Waals surface area contributed by atoms with Gasteiger partial charge in [-0.1, -0.05) is 5.10 Å². The highest BCUT2D eigenvalue weighted by molar-refractivity contribution is 14.1. The first kappa shape index (κ1) is 18.5. The van der Waals surface area contributed by atoms with Crippen LogP contribution in [0.3, 0.4) is 0 Å². The van der Waals surface area contributed by atoms with E-state index in [2.05, 4.69) is 20.8 Å². The van der Waals surface area contributed by atoms with Gasteiger partial charge in [0.15, 0.2) is 11.6 Å². The van der Waals surface area contributed by atoms with Crippen LogP contribution in [0.1, 0.15) is 13.8 Å². The van der Waals surface area contributed by atoms with Gasteiger partial charge in [-0.05, 0) is 66.8 Å². The van der Waals surface area contributed by atoms with Crippen LogP contribution in [0.25, 0.3) is 11.5 Å². The molecule has 0 aliphatic carbocycles. The Bertz CT molecular complexity index is 946. The molecule has 0 spiro atoms. The lowest BCUT2D eigenvalue weighted by Crippen LogP contribution is -2.09. The Morgan fingerprint density at radius 2 is 1.81 bits per heavy atom. The molecule has 136 valence electrons. The maximum atomic E-state index is 14.4. The Balaban J connectivity index is 2.04. The number of aromatic nitrogens is 2. The predicted octanol–water partition coefficient (Wildman–Crippen LogP) is 5.32. The molecule has 0 amide bonds. The Morgan fingerprint density at radius 3 is 2.50 bits per heavy atom. The van der Waals surface area contributed by atoms with Gasteiger partial charge in [0.2, 0.25) is 0 Å². The van der Waals surface area contributed by atoms with Gasteiger partial charge in [0.05, 0.1) is 16.9 Å². The average molecular weight is 474 g/mol. The monoisotopic (exact) mass is 474 g/mol. The molecule has 0 saturated heterocycles. The van der Waals surface area contributed by atoms with Gasteiger partial charge in [-0.3, -0.25) is 0 Å². The van der Waals surface area contributed by atoms with E-state index in [0.717, 1.165) is 6.07 Å². The van der Waals surface area contributed by atoms with Gasteiger partial charge < -0.3 is 15.1 Å². The summed E-state index contributed by atoms with van der Waals surface area (Å²) in [5, 5.41) is 13.2. The number of benzene rings is 2. The van der Waals surface area contributed by atoms with Crippen molar-refractivity contribution in [2.24, 2.45) is 0 Å². The molecule has 26 heavy (non-hydrogen) atoms. The van der Waals surface area contributed by atoms with Crippen LogP contribution in [0.15, 0.2) is 34.7 Å². The summed E-state index contributed by atoms with van der Waals surface area (Å²) in [6, 6.07) is 6.78. The number of nitrogens with zero attached hydrogens (tertiary/aromatic N) is 2. The molecule has 0 aliphatic heterocycles. The van der Waals surface area contributed by atoms with Gasteiger partial charge in [-0.2, -0.15) is 0 Å². The second-order valence-electron chi connectivity index (χ2n) is 5.74. The molecule has 0 aliphatic rings. The number of hydrogen-bond donors (Lipinski definition) is 2.